The zero-order valence-electron chi connectivity index (χ0n) is 12.5. The van der Waals surface area contributed by atoms with Gasteiger partial charge >= 0.3 is 6.18 Å². The van der Waals surface area contributed by atoms with Crippen molar-refractivity contribution in [2.24, 2.45) is 0 Å². The molecule has 0 spiro atoms. The number of nitro groups is 1. The number of phenolic OH excluding ortho intramolecular Hbond substituents is 1. The smallest absolute Gasteiger partial charge is 0.416 e. The fourth-order valence-corrected chi connectivity index (χ4v) is 2.49. The summed E-state index contributed by atoms with van der Waals surface area (Å²) >= 11 is 0. The Labute approximate surface area is 139 Å². The standard InChI is InChI=1S/C17H11F3N2O3/c18-17(19,20)11-6-7-13(14(9-11)22(24)25)21-16-12-4-2-1-3-10(12)5-8-15(16)23/h1-9,21,23H. The molecule has 3 rings (SSSR count). The highest BCUT2D eigenvalue weighted by Gasteiger charge is 2.33. The summed E-state index contributed by atoms with van der Waals surface area (Å²) in [5, 5.41) is 25.3. The van der Waals surface area contributed by atoms with Crippen LogP contribution in [-0.2, 0) is 6.18 Å². The lowest BCUT2D eigenvalue weighted by atomic mass is 10.1. The minimum atomic E-state index is -4.69. The van der Waals surface area contributed by atoms with Gasteiger partial charge in [0.05, 0.1) is 16.2 Å². The average molecular weight is 348 g/mol. The van der Waals surface area contributed by atoms with Gasteiger partial charge in [0.15, 0.2) is 0 Å². The van der Waals surface area contributed by atoms with E-state index in [1.807, 2.05) is 0 Å². The van der Waals surface area contributed by atoms with E-state index in [1.54, 1.807) is 30.3 Å². The van der Waals surface area contributed by atoms with Gasteiger partial charge in [0.2, 0.25) is 0 Å². The molecule has 8 heteroatoms. The maximum Gasteiger partial charge on any atom is 0.416 e. The van der Waals surface area contributed by atoms with Crippen LogP contribution in [0.2, 0.25) is 0 Å². The number of nitrogens with zero attached hydrogens (tertiary/aromatic N) is 1. The van der Waals surface area contributed by atoms with Gasteiger partial charge in [0.25, 0.3) is 5.69 Å². The fourth-order valence-electron chi connectivity index (χ4n) is 2.49. The Morgan fingerprint density at radius 2 is 1.76 bits per heavy atom. The Morgan fingerprint density at radius 3 is 2.44 bits per heavy atom. The lowest BCUT2D eigenvalue weighted by Gasteiger charge is -2.13. The van der Waals surface area contributed by atoms with E-state index in [2.05, 4.69) is 5.32 Å². The van der Waals surface area contributed by atoms with Crippen LogP contribution in [0.25, 0.3) is 10.8 Å². The third kappa shape index (κ3) is 3.18. The first kappa shape index (κ1) is 16.6. The van der Waals surface area contributed by atoms with Crippen LogP contribution in [0, 0.1) is 10.1 Å². The van der Waals surface area contributed by atoms with Gasteiger partial charge in [0, 0.05) is 11.5 Å². The van der Waals surface area contributed by atoms with E-state index in [1.165, 1.54) is 6.07 Å². The molecule has 0 bridgehead atoms. The third-order valence-corrected chi connectivity index (χ3v) is 3.69. The first-order chi connectivity index (χ1) is 11.8. The van der Waals surface area contributed by atoms with Gasteiger partial charge in [-0.05, 0) is 23.6 Å². The predicted molar refractivity (Wildman–Crippen MR) is 87.0 cm³/mol. The summed E-state index contributed by atoms with van der Waals surface area (Å²) in [4.78, 5) is 10.3. The Bertz CT molecular complexity index is 971. The van der Waals surface area contributed by atoms with E-state index in [0.717, 1.165) is 17.5 Å². The fraction of sp³-hybridized carbons (Fsp3) is 0.0588. The van der Waals surface area contributed by atoms with Crippen molar-refractivity contribution in [1.82, 2.24) is 0 Å². The molecule has 0 fully saturated rings. The number of rotatable bonds is 3. The molecule has 0 aliphatic rings. The number of nitrogens with one attached hydrogen (secondary N) is 1. The Morgan fingerprint density at radius 1 is 1.04 bits per heavy atom. The third-order valence-electron chi connectivity index (χ3n) is 3.69. The highest BCUT2D eigenvalue weighted by molar-refractivity contribution is 5.99. The molecular formula is C17H11F3N2O3. The van der Waals surface area contributed by atoms with E-state index in [9.17, 15) is 28.4 Å². The number of anilines is 2. The molecule has 2 N–H and O–H groups in total. The molecular weight excluding hydrogens is 337 g/mol. The molecule has 0 unspecified atom stereocenters. The lowest BCUT2D eigenvalue weighted by molar-refractivity contribution is -0.384. The van der Waals surface area contributed by atoms with Crippen LogP contribution in [0.5, 0.6) is 5.75 Å². The van der Waals surface area contributed by atoms with Crippen molar-refractivity contribution in [3.8, 4) is 5.75 Å². The first-order valence-corrected chi connectivity index (χ1v) is 7.11. The minimum Gasteiger partial charge on any atom is -0.506 e. The number of alkyl halides is 3. The first-order valence-electron chi connectivity index (χ1n) is 7.11. The normalized spacial score (nSPS) is 11.5. The van der Waals surface area contributed by atoms with Crippen LogP contribution >= 0.6 is 0 Å². The second-order valence-corrected chi connectivity index (χ2v) is 5.29. The highest BCUT2D eigenvalue weighted by atomic mass is 19.4. The zero-order chi connectivity index (χ0) is 18.2. The van der Waals surface area contributed by atoms with Crippen LogP contribution in [0.15, 0.2) is 54.6 Å². The van der Waals surface area contributed by atoms with Gasteiger partial charge in [-0.2, -0.15) is 13.2 Å². The van der Waals surface area contributed by atoms with Crippen molar-refractivity contribution in [1.29, 1.82) is 0 Å². The highest BCUT2D eigenvalue weighted by Crippen LogP contribution is 2.39. The summed E-state index contributed by atoms with van der Waals surface area (Å²) in [7, 11) is 0. The van der Waals surface area contributed by atoms with Crippen molar-refractivity contribution in [3.63, 3.8) is 0 Å². The van der Waals surface area contributed by atoms with Gasteiger partial charge in [-0.15, -0.1) is 0 Å². The number of benzene rings is 3. The van der Waals surface area contributed by atoms with E-state index < -0.39 is 22.4 Å². The number of halogens is 3. The summed E-state index contributed by atoms with van der Waals surface area (Å²) in [5.41, 5.74) is -1.82. The molecule has 0 amide bonds. The van der Waals surface area contributed by atoms with E-state index in [-0.39, 0.29) is 17.1 Å². The molecule has 0 aromatic heterocycles. The monoisotopic (exact) mass is 348 g/mol. The average Bonchev–Trinajstić information content (AvgIpc) is 2.56. The zero-order valence-corrected chi connectivity index (χ0v) is 12.5. The Balaban J connectivity index is 2.13. The maximum atomic E-state index is 12.8. The number of phenols is 1. The van der Waals surface area contributed by atoms with Gasteiger partial charge < -0.3 is 10.4 Å². The maximum absolute atomic E-state index is 12.8. The van der Waals surface area contributed by atoms with Crippen LogP contribution in [0.4, 0.5) is 30.2 Å². The lowest BCUT2D eigenvalue weighted by Crippen LogP contribution is -2.07. The Hall–Kier alpha value is -3.29. The number of hydrogen-bond acceptors (Lipinski definition) is 4. The van der Waals surface area contributed by atoms with Crippen molar-refractivity contribution >= 4 is 27.8 Å². The second kappa shape index (κ2) is 5.97. The number of aromatic hydroxyl groups is 1. The molecule has 3 aromatic rings. The Kier molecular flexibility index (Phi) is 3.96. The molecule has 0 aliphatic heterocycles. The summed E-state index contributed by atoms with van der Waals surface area (Å²) in [6.07, 6.45) is -4.69. The van der Waals surface area contributed by atoms with Crippen molar-refractivity contribution in [3.05, 3.63) is 70.3 Å². The topological polar surface area (TPSA) is 75.4 Å². The van der Waals surface area contributed by atoms with Crippen LogP contribution < -0.4 is 5.32 Å². The molecule has 0 atom stereocenters. The van der Waals surface area contributed by atoms with Gasteiger partial charge in [-0.25, -0.2) is 0 Å². The van der Waals surface area contributed by atoms with Crippen molar-refractivity contribution < 1.29 is 23.2 Å². The number of fused-ring (bicyclic) bond motifs is 1. The summed E-state index contributed by atoms with van der Waals surface area (Å²) in [6, 6.07) is 12.2. The number of nitro benzene ring substituents is 1. The molecule has 0 saturated heterocycles. The summed E-state index contributed by atoms with van der Waals surface area (Å²) in [5.74, 6) is -0.173. The SMILES string of the molecule is O=[N+]([O-])c1cc(C(F)(F)F)ccc1Nc1c(O)ccc2ccccc12. The quantitative estimate of drug-likeness (QED) is 0.387. The minimum absolute atomic E-state index is 0.148. The molecule has 0 aliphatic carbocycles. The van der Waals surface area contributed by atoms with E-state index >= 15 is 0 Å². The molecule has 0 radical (unpaired) electrons. The van der Waals surface area contributed by atoms with Gasteiger partial charge in [0.1, 0.15) is 11.4 Å². The molecule has 25 heavy (non-hydrogen) atoms. The molecule has 3 aromatic carbocycles. The predicted octanol–water partition coefficient (Wildman–Crippen LogP) is 5.22. The molecule has 128 valence electrons. The van der Waals surface area contributed by atoms with E-state index in [0.29, 0.717) is 11.5 Å². The van der Waals surface area contributed by atoms with Gasteiger partial charge in [-0.3, -0.25) is 10.1 Å². The molecule has 5 nitrogen and oxygen atoms in total. The summed E-state index contributed by atoms with van der Waals surface area (Å²) in [6.45, 7) is 0. The van der Waals surface area contributed by atoms with Crippen molar-refractivity contribution in [2.45, 2.75) is 6.18 Å². The largest absolute Gasteiger partial charge is 0.506 e. The summed E-state index contributed by atoms with van der Waals surface area (Å²) < 4.78 is 38.3. The van der Waals surface area contributed by atoms with Crippen LogP contribution in [0.1, 0.15) is 5.56 Å². The molecule has 0 saturated carbocycles. The van der Waals surface area contributed by atoms with Crippen LogP contribution in [0.3, 0.4) is 0 Å². The van der Waals surface area contributed by atoms with Crippen molar-refractivity contribution in [2.75, 3.05) is 5.32 Å². The van der Waals surface area contributed by atoms with Gasteiger partial charge in [-0.1, -0.05) is 30.3 Å². The number of hydrogen-bond donors (Lipinski definition) is 2. The second-order valence-electron chi connectivity index (χ2n) is 5.29. The molecule has 0 heterocycles. The van der Waals surface area contributed by atoms with Crippen LogP contribution in [-0.4, -0.2) is 10.0 Å². The van der Waals surface area contributed by atoms with E-state index in [4.69, 9.17) is 0 Å².